The molecule has 1 saturated heterocycles. The average molecular weight is 340 g/mol. The molecule has 1 N–H and O–H groups in total. The Labute approximate surface area is 140 Å². The highest BCUT2D eigenvalue weighted by molar-refractivity contribution is 5.79. The molecule has 2 atom stereocenters. The molecule has 1 heterocycles. The van der Waals surface area contributed by atoms with Crippen LogP contribution in [0.3, 0.4) is 0 Å². The van der Waals surface area contributed by atoms with Gasteiger partial charge in [-0.2, -0.15) is 13.2 Å². The standard InChI is InChI=1S/C18H23F3N2O/c1-12-10-13(8-9-22-12)17(24)23(15-6-7-15)11-14-4-2-3-5-16(14)18(19,20)21/h2-5,12-13,15,22H,6-11H2,1H3/t12-,13-/m0/s1. The molecule has 1 aromatic rings. The molecule has 3 rings (SSSR count). The van der Waals surface area contributed by atoms with Gasteiger partial charge in [0.05, 0.1) is 5.56 Å². The van der Waals surface area contributed by atoms with Crippen molar-refractivity contribution in [2.24, 2.45) is 5.92 Å². The topological polar surface area (TPSA) is 32.3 Å². The number of halogens is 3. The van der Waals surface area contributed by atoms with E-state index in [9.17, 15) is 18.0 Å². The van der Waals surface area contributed by atoms with Gasteiger partial charge in [0.2, 0.25) is 5.91 Å². The van der Waals surface area contributed by atoms with Gasteiger partial charge in [0, 0.05) is 24.5 Å². The minimum absolute atomic E-state index is 0.0165. The SMILES string of the molecule is C[C@H]1C[C@@H](C(=O)N(Cc2ccccc2C(F)(F)F)C2CC2)CCN1. The van der Waals surface area contributed by atoms with Crippen molar-refractivity contribution in [2.45, 2.75) is 57.4 Å². The monoisotopic (exact) mass is 340 g/mol. The van der Waals surface area contributed by atoms with Crippen molar-refractivity contribution < 1.29 is 18.0 Å². The summed E-state index contributed by atoms with van der Waals surface area (Å²) >= 11 is 0. The van der Waals surface area contributed by atoms with Gasteiger partial charge in [-0.15, -0.1) is 0 Å². The maximum Gasteiger partial charge on any atom is 0.416 e. The van der Waals surface area contributed by atoms with Crippen molar-refractivity contribution >= 4 is 5.91 Å². The third-order valence-corrected chi connectivity index (χ3v) is 4.91. The van der Waals surface area contributed by atoms with Gasteiger partial charge in [0.1, 0.15) is 0 Å². The number of amides is 1. The van der Waals surface area contributed by atoms with Crippen LogP contribution < -0.4 is 5.32 Å². The van der Waals surface area contributed by atoms with E-state index in [2.05, 4.69) is 5.32 Å². The molecule has 24 heavy (non-hydrogen) atoms. The number of carbonyl (C=O) groups excluding carboxylic acids is 1. The number of nitrogens with one attached hydrogen (secondary N) is 1. The van der Waals surface area contributed by atoms with Gasteiger partial charge >= 0.3 is 6.18 Å². The Bertz CT molecular complexity index is 598. The first kappa shape index (κ1) is 17.3. The number of alkyl halides is 3. The second-order valence-electron chi connectivity index (χ2n) is 6.93. The summed E-state index contributed by atoms with van der Waals surface area (Å²) in [5.74, 6) is -0.0669. The Morgan fingerprint density at radius 2 is 1.96 bits per heavy atom. The maximum absolute atomic E-state index is 13.2. The summed E-state index contributed by atoms with van der Waals surface area (Å²) in [7, 11) is 0. The molecule has 0 unspecified atom stereocenters. The lowest BCUT2D eigenvalue weighted by atomic mass is 9.91. The van der Waals surface area contributed by atoms with Gasteiger partial charge < -0.3 is 10.2 Å². The van der Waals surface area contributed by atoms with Crippen LogP contribution in [0.1, 0.15) is 43.7 Å². The van der Waals surface area contributed by atoms with Crippen molar-refractivity contribution in [2.75, 3.05) is 6.54 Å². The van der Waals surface area contributed by atoms with E-state index in [0.717, 1.165) is 38.3 Å². The van der Waals surface area contributed by atoms with Crippen LogP contribution in [-0.2, 0) is 17.5 Å². The zero-order valence-corrected chi connectivity index (χ0v) is 13.8. The van der Waals surface area contributed by atoms with Crippen molar-refractivity contribution in [3.05, 3.63) is 35.4 Å². The van der Waals surface area contributed by atoms with E-state index >= 15 is 0 Å². The molecule has 1 aliphatic carbocycles. The van der Waals surface area contributed by atoms with E-state index in [4.69, 9.17) is 0 Å². The van der Waals surface area contributed by atoms with Crippen molar-refractivity contribution in [1.82, 2.24) is 10.2 Å². The van der Waals surface area contributed by atoms with Crippen LogP contribution in [0, 0.1) is 5.92 Å². The molecule has 0 radical (unpaired) electrons. The predicted octanol–water partition coefficient (Wildman–Crippen LogP) is 3.58. The highest BCUT2D eigenvalue weighted by atomic mass is 19.4. The maximum atomic E-state index is 13.2. The molecule has 0 aromatic heterocycles. The third-order valence-electron chi connectivity index (χ3n) is 4.91. The zero-order chi connectivity index (χ0) is 17.3. The largest absolute Gasteiger partial charge is 0.416 e. The number of hydrogen-bond acceptors (Lipinski definition) is 2. The summed E-state index contributed by atoms with van der Waals surface area (Å²) in [4.78, 5) is 14.6. The molecule has 6 heteroatoms. The van der Waals surface area contributed by atoms with Crippen molar-refractivity contribution in [1.29, 1.82) is 0 Å². The molecule has 0 spiro atoms. The van der Waals surface area contributed by atoms with Gasteiger partial charge in [-0.3, -0.25) is 4.79 Å². The summed E-state index contributed by atoms with van der Waals surface area (Å²) in [6, 6.07) is 5.95. The van der Waals surface area contributed by atoms with Crippen LogP contribution in [-0.4, -0.2) is 29.4 Å². The first-order valence-corrected chi connectivity index (χ1v) is 8.55. The Morgan fingerprint density at radius 1 is 1.25 bits per heavy atom. The summed E-state index contributed by atoms with van der Waals surface area (Å²) < 4.78 is 39.6. The van der Waals surface area contributed by atoms with Gasteiger partial charge in [-0.25, -0.2) is 0 Å². The van der Waals surface area contributed by atoms with E-state index in [-0.39, 0.29) is 36.0 Å². The minimum Gasteiger partial charge on any atom is -0.335 e. The van der Waals surface area contributed by atoms with Crippen LogP contribution >= 0.6 is 0 Å². The Balaban J connectivity index is 1.79. The molecule has 1 aliphatic heterocycles. The lowest BCUT2D eigenvalue weighted by Crippen LogP contribution is -2.44. The number of piperidine rings is 1. The van der Waals surface area contributed by atoms with Crippen LogP contribution in [0.2, 0.25) is 0 Å². The summed E-state index contributed by atoms with van der Waals surface area (Å²) in [6.07, 6.45) is -1.10. The van der Waals surface area contributed by atoms with Gasteiger partial charge in [0.15, 0.2) is 0 Å². The normalized spacial score (nSPS) is 24.7. The average Bonchev–Trinajstić information content (AvgIpc) is 3.36. The van der Waals surface area contributed by atoms with E-state index in [0.29, 0.717) is 0 Å². The molecular formula is C18H23F3N2O. The van der Waals surface area contributed by atoms with Crippen LogP contribution in [0.25, 0.3) is 0 Å². The molecule has 2 fully saturated rings. The first-order chi connectivity index (χ1) is 11.4. The van der Waals surface area contributed by atoms with E-state index < -0.39 is 11.7 Å². The molecular weight excluding hydrogens is 317 g/mol. The Morgan fingerprint density at radius 3 is 2.58 bits per heavy atom. The molecule has 0 bridgehead atoms. The molecule has 1 saturated carbocycles. The van der Waals surface area contributed by atoms with Crippen LogP contribution in [0.15, 0.2) is 24.3 Å². The fourth-order valence-corrected chi connectivity index (χ4v) is 3.48. The molecule has 1 amide bonds. The molecule has 3 nitrogen and oxygen atoms in total. The Kier molecular flexibility index (Phi) is 4.85. The van der Waals surface area contributed by atoms with E-state index in [1.54, 1.807) is 11.0 Å². The number of hydrogen-bond donors (Lipinski definition) is 1. The summed E-state index contributed by atoms with van der Waals surface area (Å²) in [5, 5.41) is 3.31. The van der Waals surface area contributed by atoms with Gasteiger partial charge in [-0.05, 0) is 50.8 Å². The lowest BCUT2D eigenvalue weighted by Gasteiger charge is -2.33. The van der Waals surface area contributed by atoms with Crippen LogP contribution in [0.4, 0.5) is 13.2 Å². The van der Waals surface area contributed by atoms with Gasteiger partial charge in [0.25, 0.3) is 0 Å². The Hall–Kier alpha value is -1.56. The fraction of sp³-hybridized carbons (Fsp3) is 0.611. The number of nitrogens with zero attached hydrogens (tertiary/aromatic N) is 1. The molecule has 2 aliphatic rings. The first-order valence-electron chi connectivity index (χ1n) is 8.55. The quantitative estimate of drug-likeness (QED) is 0.909. The summed E-state index contributed by atoms with van der Waals surface area (Å²) in [5.41, 5.74) is -0.450. The van der Waals surface area contributed by atoms with E-state index in [1.807, 2.05) is 6.92 Å². The van der Waals surface area contributed by atoms with Crippen molar-refractivity contribution in [3.8, 4) is 0 Å². The number of rotatable bonds is 4. The van der Waals surface area contributed by atoms with Crippen LogP contribution in [0.5, 0.6) is 0 Å². The number of benzene rings is 1. The van der Waals surface area contributed by atoms with Crippen molar-refractivity contribution in [3.63, 3.8) is 0 Å². The molecule has 1 aromatic carbocycles. The van der Waals surface area contributed by atoms with Gasteiger partial charge in [-0.1, -0.05) is 18.2 Å². The second-order valence-corrected chi connectivity index (χ2v) is 6.93. The zero-order valence-electron chi connectivity index (χ0n) is 13.8. The summed E-state index contributed by atoms with van der Waals surface area (Å²) in [6.45, 7) is 2.88. The number of carbonyl (C=O) groups is 1. The highest BCUT2D eigenvalue weighted by Crippen LogP contribution is 2.36. The molecule has 132 valence electrons. The third kappa shape index (κ3) is 3.91. The fourth-order valence-electron chi connectivity index (χ4n) is 3.48. The highest BCUT2D eigenvalue weighted by Gasteiger charge is 2.39. The second kappa shape index (κ2) is 6.75. The predicted molar refractivity (Wildman–Crippen MR) is 85.2 cm³/mol. The smallest absolute Gasteiger partial charge is 0.335 e. The minimum atomic E-state index is -4.39. The lowest BCUT2D eigenvalue weighted by molar-refractivity contribution is -0.142. The van der Waals surface area contributed by atoms with E-state index in [1.165, 1.54) is 12.1 Å².